The topological polar surface area (TPSA) is 80.5 Å². The summed E-state index contributed by atoms with van der Waals surface area (Å²) in [6, 6.07) is 2.82. The molecule has 21 heavy (non-hydrogen) atoms. The van der Waals surface area contributed by atoms with Crippen molar-refractivity contribution < 1.29 is 18.9 Å². The number of carbonyl (C=O) groups excluding carboxylic acids is 2. The first-order valence-corrected chi connectivity index (χ1v) is 6.47. The number of amides is 2. The number of fused-ring (bicyclic) bond motifs is 1. The molecule has 2 aliphatic rings. The average Bonchev–Trinajstić information content (AvgIpc) is 2.72. The second-order valence-electron chi connectivity index (χ2n) is 5.06. The summed E-state index contributed by atoms with van der Waals surface area (Å²) in [5, 5.41) is 10.8. The summed E-state index contributed by atoms with van der Waals surface area (Å²) in [5.41, 5.74) is -0.700. The standard InChI is InChI=1S/C14H11FN2O4/c15-11-6-5-8(17(20)21)7-12(11)16-13(18)9-3-1-2-4-10(9)14(16)19/h1-2,5-7,9-10H,3-4H2/t9-,10-/m1/s1. The van der Waals surface area contributed by atoms with Crippen LogP contribution in [0.15, 0.2) is 30.4 Å². The number of nitrogens with zero attached hydrogens (tertiary/aromatic N) is 2. The lowest BCUT2D eigenvalue weighted by molar-refractivity contribution is -0.384. The zero-order chi connectivity index (χ0) is 15.1. The van der Waals surface area contributed by atoms with E-state index in [-0.39, 0.29) is 11.4 Å². The van der Waals surface area contributed by atoms with Gasteiger partial charge in [-0.15, -0.1) is 0 Å². The van der Waals surface area contributed by atoms with E-state index in [0.717, 1.165) is 23.1 Å². The van der Waals surface area contributed by atoms with E-state index in [1.165, 1.54) is 0 Å². The molecule has 1 aliphatic heterocycles. The van der Waals surface area contributed by atoms with Gasteiger partial charge in [0.2, 0.25) is 11.8 Å². The van der Waals surface area contributed by atoms with Gasteiger partial charge in [-0.05, 0) is 18.9 Å². The largest absolute Gasteiger partial charge is 0.274 e. The predicted octanol–water partition coefficient (Wildman–Crippen LogP) is 2.19. The van der Waals surface area contributed by atoms with Gasteiger partial charge in [0.1, 0.15) is 5.82 Å². The van der Waals surface area contributed by atoms with E-state index in [1.54, 1.807) is 0 Å². The Morgan fingerprint density at radius 1 is 1.14 bits per heavy atom. The molecule has 0 spiro atoms. The van der Waals surface area contributed by atoms with Gasteiger partial charge in [0.25, 0.3) is 5.69 Å². The summed E-state index contributed by atoms with van der Waals surface area (Å²) in [5.74, 6) is -2.81. The lowest BCUT2D eigenvalue weighted by atomic mass is 9.85. The first-order valence-electron chi connectivity index (χ1n) is 6.47. The highest BCUT2D eigenvalue weighted by Crippen LogP contribution is 2.39. The summed E-state index contributed by atoms with van der Waals surface area (Å²) >= 11 is 0. The highest BCUT2D eigenvalue weighted by atomic mass is 19.1. The van der Waals surface area contributed by atoms with Crippen LogP contribution in [-0.4, -0.2) is 16.7 Å². The number of hydrogen-bond donors (Lipinski definition) is 0. The molecule has 0 unspecified atom stereocenters. The van der Waals surface area contributed by atoms with Gasteiger partial charge in [0, 0.05) is 12.1 Å². The number of allylic oxidation sites excluding steroid dienone is 2. The Hall–Kier alpha value is -2.57. The maximum Gasteiger partial charge on any atom is 0.271 e. The highest BCUT2D eigenvalue weighted by molar-refractivity contribution is 6.22. The number of carbonyl (C=O) groups is 2. The molecule has 0 radical (unpaired) electrons. The third-order valence-electron chi connectivity index (χ3n) is 3.89. The fourth-order valence-corrected chi connectivity index (χ4v) is 2.82. The molecule has 1 aromatic carbocycles. The van der Waals surface area contributed by atoms with E-state index in [4.69, 9.17) is 0 Å². The summed E-state index contributed by atoms with van der Waals surface area (Å²) in [6.07, 6.45) is 4.50. The van der Waals surface area contributed by atoms with Crippen molar-refractivity contribution in [3.8, 4) is 0 Å². The SMILES string of the molecule is O=C1[C@@H]2CC=CC[C@H]2C(=O)N1c1cc([N+](=O)[O-])ccc1F. The van der Waals surface area contributed by atoms with Crippen LogP contribution in [0.1, 0.15) is 12.8 Å². The number of benzene rings is 1. The Balaban J connectivity index is 2.05. The van der Waals surface area contributed by atoms with Crippen LogP contribution in [0.2, 0.25) is 0 Å². The van der Waals surface area contributed by atoms with Crippen molar-refractivity contribution in [1.29, 1.82) is 0 Å². The zero-order valence-electron chi connectivity index (χ0n) is 10.9. The van der Waals surface area contributed by atoms with E-state index in [1.807, 2.05) is 12.2 Å². The molecular weight excluding hydrogens is 279 g/mol. The number of nitro groups is 1. The molecule has 1 saturated heterocycles. The molecule has 0 bridgehead atoms. The van der Waals surface area contributed by atoms with Crippen molar-refractivity contribution in [2.24, 2.45) is 11.8 Å². The van der Waals surface area contributed by atoms with Gasteiger partial charge in [-0.1, -0.05) is 12.2 Å². The van der Waals surface area contributed by atoms with E-state index >= 15 is 0 Å². The van der Waals surface area contributed by atoms with Crippen molar-refractivity contribution in [3.63, 3.8) is 0 Å². The molecule has 1 aliphatic carbocycles. The van der Waals surface area contributed by atoms with Crippen LogP contribution >= 0.6 is 0 Å². The fourth-order valence-electron chi connectivity index (χ4n) is 2.82. The normalized spacial score (nSPS) is 24.3. The van der Waals surface area contributed by atoms with Gasteiger partial charge in [-0.25, -0.2) is 9.29 Å². The Bertz CT molecular complexity index is 660. The summed E-state index contributed by atoms with van der Waals surface area (Å²) in [4.78, 5) is 35.5. The average molecular weight is 290 g/mol. The van der Waals surface area contributed by atoms with Crippen LogP contribution in [0.4, 0.5) is 15.8 Å². The van der Waals surface area contributed by atoms with Gasteiger partial charge < -0.3 is 0 Å². The minimum atomic E-state index is -0.825. The molecule has 1 heterocycles. The summed E-state index contributed by atoms with van der Waals surface area (Å²) in [6.45, 7) is 0. The van der Waals surface area contributed by atoms with Gasteiger partial charge in [0.05, 0.1) is 22.4 Å². The van der Waals surface area contributed by atoms with Crippen molar-refractivity contribution in [2.75, 3.05) is 4.90 Å². The summed E-state index contributed by atoms with van der Waals surface area (Å²) < 4.78 is 13.9. The number of rotatable bonds is 2. The molecule has 0 saturated carbocycles. The Morgan fingerprint density at radius 3 is 2.24 bits per heavy atom. The minimum Gasteiger partial charge on any atom is -0.274 e. The van der Waals surface area contributed by atoms with Crippen molar-refractivity contribution in [1.82, 2.24) is 0 Å². The molecular formula is C14H11FN2O4. The quantitative estimate of drug-likeness (QED) is 0.362. The molecule has 7 heteroatoms. The smallest absolute Gasteiger partial charge is 0.271 e. The summed E-state index contributed by atoms with van der Waals surface area (Å²) in [7, 11) is 0. The second-order valence-corrected chi connectivity index (χ2v) is 5.06. The zero-order valence-corrected chi connectivity index (χ0v) is 10.9. The van der Waals surface area contributed by atoms with Crippen molar-refractivity contribution in [2.45, 2.75) is 12.8 Å². The molecule has 2 atom stereocenters. The van der Waals surface area contributed by atoms with Crippen LogP contribution in [0, 0.1) is 27.8 Å². The van der Waals surface area contributed by atoms with Crippen LogP contribution in [0.25, 0.3) is 0 Å². The maximum absolute atomic E-state index is 13.9. The fraction of sp³-hybridized carbons (Fsp3) is 0.286. The number of anilines is 1. The predicted molar refractivity (Wildman–Crippen MR) is 70.9 cm³/mol. The van der Waals surface area contributed by atoms with E-state index in [9.17, 15) is 24.1 Å². The molecule has 108 valence electrons. The lowest BCUT2D eigenvalue weighted by Gasteiger charge is -2.15. The Kier molecular flexibility index (Phi) is 3.04. The number of nitro benzene ring substituents is 1. The van der Waals surface area contributed by atoms with Crippen molar-refractivity contribution >= 4 is 23.2 Å². The van der Waals surface area contributed by atoms with Crippen LogP contribution < -0.4 is 4.90 Å². The van der Waals surface area contributed by atoms with Gasteiger partial charge in [0.15, 0.2) is 0 Å². The van der Waals surface area contributed by atoms with Crippen LogP contribution in [0.5, 0.6) is 0 Å². The number of halogens is 1. The van der Waals surface area contributed by atoms with E-state index in [2.05, 4.69) is 0 Å². The first kappa shape index (κ1) is 13.4. The second kappa shape index (κ2) is 4.76. The molecule has 6 nitrogen and oxygen atoms in total. The Labute approximate surface area is 119 Å². The van der Waals surface area contributed by atoms with Gasteiger partial charge >= 0.3 is 0 Å². The van der Waals surface area contributed by atoms with Crippen LogP contribution in [-0.2, 0) is 9.59 Å². The van der Waals surface area contributed by atoms with E-state index < -0.39 is 34.4 Å². The molecule has 0 aromatic heterocycles. The monoisotopic (exact) mass is 290 g/mol. The highest BCUT2D eigenvalue weighted by Gasteiger charge is 2.48. The lowest BCUT2D eigenvalue weighted by Crippen LogP contribution is -2.31. The minimum absolute atomic E-state index is 0.339. The number of imide groups is 1. The third kappa shape index (κ3) is 2.01. The first-order chi connectivity index (χ1) is 10.0. The number of non-ortho nitro benzene ring substituents is 1. The molecule has 3 rings (SSSR count). The van der Waals surface area contributed by atoms with Crippen molar-refractivity contribution in [3.05, 3.63) is 46.3 Å². The Morgan fingerprint density at radius 2 is 1.71 bits per heavy atom. The molecule has 0 N–H and O–H groups in total. The molecule has 2 amide bonds. The maximum atomic E-state index is 13.9. The van der Waals surface area contributed by atoms with Crippen LogP contribution in [0.3, 0.4) is 0 Å². The molecule has 1 aromatic rings. The number of hydrogen-bond acceptors (Lipinski definition) is 4. The molecule has 1 fully saturated rings. The third-order valence-corrected chi connectivity index (χ3v) is 3.89. The van der Waals surface area contributed by atoms with Gasteiger partial charge in [-0.2, -0.15) is 0 Å². The van der Waals surface area contributed by atoms with Gasteiger partial charge in [-0.3, -0.25) is 19.7 Å². The van der Waals surface area contributed by atoms with E-state index in [0.29, 0.717) is 12.8 Å².